The zero-order chi connectivity index (χ0) is 23.6. The molecule has 2 aromatic rings. The molecule has 176 valence electrons. The summed E-state index contributed by atoms with van der Waals surface area (Å²) in [4.78, 5) is 33.9. The fourth-order valence-corrected chi connectivity index (χ4v) is 3.94. The molecular formula is C25H33N5O3. The van der Waals surface area contributed by atoms with Crippen molar-refractivity contribution in [1.82, 2.24) is 14.9 Å². The first kappa shape index (κ1) is 23.0. The van der Waals surface area contributed by atoms with E-state index in [0.717, 1.165) is 37.3 Å². The molecule has 1 aliphatic carbocycles. The zero-order valence-corrected chi connectivity index (χ0v) is 19.9. The number of ether oxygens (including phenoxy) is 1. The van der Waals surface area contributed by atoms with Crippen molar-refractivity contribution in [1.29, 1.82) is 0 Å². The van der Waals surface area contributed by atoms with Gasteiger partial charge in [0.15, 0.2) is 0 Å². The number of anilines is 2. The van der Waals surface area contributed by atoms with Crippen LogP contribution in [-0.2, 0) is 4.74 Å². The number of aromatic nitrogens is 1. The van der Waals surface area contributed by atoms with Crippen molar-refractivity contribution in [2.75, 3.05) is 43.1 Å². The number of hydrogen-bond donors (Lipinski definition) is 0. The summed E-state index contributed by atoms with van der Waals surface area (Å²) in [6, 6.07) is 11.8. The Morgan fingerprint density at radius 1 is 1.03 bits per heavy atom. The summed E-state index contributed by atoms with van der Waals surface area (Å²) in [7, 11) is 1.96. The molecule has 0 bridgehead atoms. The van der Waals surface area contributed by atoms with E-state index in [1.807, 2.05) is 69.2 Å². The van der Waals surface area contributed by atoms with Crippen LogP contribution in [0.2, 0.25) is 0 Å². The van der Waals surface area contributed by atoms with Crippen LogP contribution in [0.15, 0.2) is 48.8 Å². The molecule has 0 radical (unpaired) electrons. The van der Waals surface area contributed by atoms with Crippen LogP contribution < -0.4 is 9.91 Å². The van der Waals surface area contributed by atoms with Crippen molar-refractivity contribution in [3.63, 3.8) is 0 Å². The van der Waals surface area contributed by atoms with Crippen molar-refractivity contribution >= 4 is 23.4 Å². The van der Waals surface area contributed by atoms with Crippen LogP contribution >= 0.6 is 0 Å². The predicted molar refractivity (Wildman–Crippen MR) is 128 cm³/mol. The number of carbonyl (C=O) groups is 2. The number of hydrazine groups is 1. The van der Waals surface area contributed by atoms with Crippen molar-refractivity contribution in [3.8, 4) is 0 Å². The lowest BCUT2D eigenvalue weighted by Crippen LogP contribution is -2.50. The van der Waals surface area contributed by atoms with E-state index in [9.17, 15) is 9.59 Å². The predicted octanol–water partition coefficient (Wildman–Crippen LogP) is 3.79. The lowest BCUT2D eigenvalue weighted by molar-refractivity contribution is 0.0240. The average Bonchev–Trinajstić information content (AvgIpc) is 3.64. The van der Waals surface area contributed by atoms with Gasteiger partial charge in [-0.3, -0.25) is 9.78 Å². The maximum Gasteiger partial charge on any atom is 0.410 e. The minimum atomic E-state index is -0.492. The van der Waals surface area contributed by atoms with E-state index in [2.05, 4.69) is 9.88 Å². The minimum Gasteiger partial charge on any atom is -0.444 e. The first-order valence-electron chi connectivity index (χ1n) is 11.5. The van der Waals surface area contributed by atoms with Crippen LogP contribution in [0, 0.1) is 0 Å². The Balaban J connectivity index is 1.41. The third-order valence-electron chi connectivity index (χ3n) is 5.88. The van der Waals surface area contributed by atoms with E-state index in [0.29, 0.717) is 24.7 Å². The van der Waals surface area contributed by atoms with Gasteiger partial charge in [0.1, 0.15) is 5.60 Å². The topological polar surface area (TPSA) is 69.2 Å². The van der Waals surface area contributed by atoms with E-state index in [-0.39, 0.29) is 12.0 Å². The van der Waals surface area contributed by atoms with Crippen molar-refractivity contribution in [2.45, 2.75) is 45.3 Å². The first-order valence-corrected chi connectivity index (χ1v) is 11.5. The number of nitrogens with zero attached hydrogens (tertiary/aromatic N) is 5. The summed E-state index contributed by atoms with van der Waals surface area (Å²) < 4.78 is 5.48. The molecule has 1 aliphatic heterocycles. The molecule has 2 heterocycles. The smallest absolute Gasteiger partial charge is 0.410 e. The summed E-state index contributed by atoms with van der Waals surface area (Å²) in [6.07, 6.45) is 5.35. The summed E-state index contributed by atoms with van der Waals surface area (Å²) in [5.41, 5.74) is 1.94. The highest BCUT2D eigenvalue weighted by Crippen LogP contribution is 2.30. The van der Waals surface area contributed by atoms with Gasteiger partial charge in [-0.15, -0.1) is 0 Å². The van der Waals surface area contributed by atoms with Gasteiger partial charge in [-0.2, -0.15) is 0 Å². The molecule has 2 fully saturated rings. The van der Waals surface area contributed by atoms with Gasteiger partial charge in [-0.05, 0) is 70.0 Å². The molecular weight excluding hydrogens is 418 g/mol. The Labute approximate surface area is 195 Å². The maximum atomic E-state index is 13.4. The van der Waals surface area contributed by atoms with Crippen LogP contribution in [0.5, 0.6) is 0 Å². The van der Waals surface area contributed by atoms with Crippen LogP contribution in [0.1, 0.15) is 44.0 Å². The molecule has 4 rings (SSSR count). The molecule has 1 saturated heterocycles. The Kier molecular flexibility index (Phi) is 6.56. The monoisotopic (exact) mass is 451 g/mol. The molecule has 1 saturated carbocycles. The van der Waals surface area contributed by atoms with Crippen molar-refractivity contribution in [3.05, 3.63) is 54.4 Å². The number of carbonyl (C=O) groups excluding carboxylic acids is 2. The van der Waals surface area contributed by atoms with E-state index in [1.54, 1.807) is 22.3 Å². The highest BCUT2D eigenvalue weighted by Gasteiger charge is 2.34. The fraction of sp³-hybridized carbons (Fsp3) is 0.480. The largest absolute Gasteiger partial charge is 0.444 e. The highest BCUT2D eigenvalue weighted by atomic mass is 16.6. The third-order valence-corrected chi connectivity index (χ3v) is 5.88. The summed E-state index contributed by atoms with van der Waals surface area (Å²) in [5, 5.41) is 3.74. The lowest BCUT2D eigenvalue weighted by Gasteiger charge is -2.37. The molecule has 0 atom stereocenters. The third kappa shape index (κ3) is 5.63. The summed E-state index contributed by atoms with van der Waals surface area (Å²) >= 11 is 0. The van der Waals surface area contributed by atoms with Gasteiger partial charge in [-0.25, -0.2) is 14.8 Å². The molecule has 1 aromatic carbocycles. The van der Waals surface area contributed by atoms with Crippen LogP contribution in [0.4, 0.5) is 16.2 Å². The van der Waals surface area contributed by atoms with E-state index >= 15 is 0 Å². The number of pyridine rings is 1. The van der Waals surface area contributed by atoms with Crippen LogP contribution in [0.3, 0.4) is 0 Å². The van der Waals surface area contributed by atoms with Gasteiger partial charge in [0, 0.05) is 56.7 Å². The summed E-state index contributed by atoms with van der Waals surface area (Å²) in [5.74, 6) is -0.0707. The molecule has 0 spiro atoms. The molecule has 0 N–H and O–H groups in total. The van der Waals surface area contributed by atoms with Crippen LogP contribution in [-0.4, -0.2) is 71.8 Å². The molecule has 8 heteroatoms. The second-order valence-electron chi connectivity index (χ2n) is 9.63. The summed E-state index contributed by atoms with van der Waals surface area (Å²) in [6.45, 7) is 8.29. The lowest BCUT2D eigenvalue weighted by atomic mass is 10.1. The number of rotatable bonds is 5. The van der Waals surface area contributed by atoms with E-state index < -0.39 is 5.60 Å². The Bertz CT molecular complexity index is 962. The molecule has 8 nitrogen and oxygen atoms in total. The van der Waals surface area contributed by atoms with Gasteiger partial charge in [-0.1, -0.05) is 0 Å². The SMILES string of the molecule is CN(C1CC1)N(C(=O)c1ccc(N2CCN(C(=O)OC(C)(C)C)CC2)cc1)c1cccnc1. The van der Waals surface area contributed by atoms with Crippen LogP contribution in [0.25, 0.3) is 0 Å². The fourth-order valence-electron chi connectivity index (χ4n) is 3.94. The van der Waals surface area contributed by atoms with Gasteiger partial charge < -0.3 is 14.5 Å². The Hall–Kier alpha value is -3.13. The average molecular weight is 452 g/mol. The quantitative estimate of drug-likeness (QED) is 0.644. The second-order valence-corrected chi connectivity index (χ2v) is 9.63. The van der Waals surface area contributed by atoms with Gasteiger partial charge in [0.2, 0.25) is 0 Å². The van der Waals surface area contributed by atoms with Gasteiger partial charge >= 0.3 is 6.09 Å². The second kappa shape index (κ2) is 9.39. The van der Waals surface area contributed by atoms with E-state index in [1.165, 1.54) is 0 Å². The molecule has 33 heavy (non-hydrogen) atoms. The van der Waals surface area contributed by atoms with Gasteiger partial charge in [0.05, 0.1) is 11.9 Å². The van der Waals surface area contributed by atoms with Crippen molar-refractivity contribution < 1.29 is 14.3 Å². The number of hydrogen-bond acceptors (Lipinski definition) is 6. The molecule has 0 unspecified atom stereocenters. The highest BCUT2D eigenvalue weighted by molar-refractivity contribution is 6.05. The number of amides is 2. The normalized spacial score (nSPS) is 16.6. The standard InChI is InChI=1S/C25H33N5O3/c1-25(2,3)33-24(32)29-16-14-28(15-17-29)21-9-7-19(8-10-21)23(31)30(27(4)20-11-12-20)22-6-5-13-26-18-22/h5-10,13,18,20H,11-12,14-17H2,1-4H3. The Morgan fingerprint density at radius 3 is 2.24 bits per heavy atom. The molecule has 2 aliphatic rings. The van der Waals surface area contributed by atoms with Gasteiger partial charge in [0.25, 0.3) is 5.91 Å². The number of benzene rings is 1. The minimum absolute atomic E-state index is 0.0707. The van der Waals surface area contributed by atoms with E-state index in [4.69, 9.17) is 4.74 Å². The molecule has 1 aromatic heterocycles. The zero-order valence-electron chi connectivity index (χ0n) is 19.9. The van der Waals surface area contributed by atoms with Crippen molar-refractivity contribution in [2.24, 2.45) is 0 Å². The first-order chi connectivity index (χ1) is 15.7. The maximum absolute atomic E-state index is 13.4. The molecule has 2 amide bonds. The number of piperazine rings is 1. The Morgan fingerprint density at radius 2 is 1.70 bits per heavy atom.